The van der Waals surface area contributed by atoms with Gasteiger partial charge in [0.15, 0.2) is 0 Å². The second-order valence-electron chi connectivity index (χ2n) is 6.67. The molecule has 0 saturated heterocycles. The van der Waals surface area contributed by atoms with Crippen LogP contribution in [0.5, 0.6) is 5.75 Å². The molecule has 4 heteroatoms. The highest BCUT2D eigenvalue weighted by molar-refractivity contribution is 5.38. The fourth-order valence-corrected chi connectivity index (χ4v) is 2.70. The number of benzene rings is 2. The average Bonchev–Trinajstić information content (AvgIpc) is 2.55. The van der Waals surface area contributed by atoms with Gasteiger partial charge in [-0.15, -0.1) is 0 Å². The lowest BCUT2D eigenvalue weighted by atomic mass is 9.94. The van der Waals surface area contributed by atoms with E-state index < -0.39 is 6.10 Å². The average molecular weight is 324 g/mol. The third-order valence-electron chi connectivity index (χ3n) is 4.02. The first-order chi connectivity index (χ1) is 11.4. The van der Waals surface area contributed by atoms with Crippen molar-refractivity contribution in [1.82, 2.24) is 5.32 Å². The number of phenolic OH excluding ortho intramolecular Hbond substituents is 1. The van der Waals surface area contributed by atoms with Gasteiger partial charge in [0.2, 0.25) is 0 Å². The van der Waals surface area contributed by atoms with Gasteiger partial charge >= 0.3 is 0 Å². The van der Waals surface area contributed by atoms with Gasteiger partial charge in [0, 0.05) is 17.6 Å². The Morgan fingerprint density at radius 3 is 2.54 bits per heavy atom. The monoisotopic (exact) mass is 324 g/mol. The Kier molecular flexibility index (Phi) is 5.97. The van der Waals surface area contributed by atoms with Gasteiger partial charge in [0.25, 0.3) is 0 Å². The van der Waals surface area contributed by atoms with E-state index in [2.05, 4.69) is 31.3 Å². The molecular weight excluding hydrogens is 300 g/mol. The zero-order chi connectivity index (χ0) is 17.6. The summed E-state index contributed by atoms with van der Waals surface area (Å²) < 4.78 is 0. The van der Waals surface area contributed by atoms with Crippen LogP contribution in [-0.2, 0) is 12.8 Å². The molecule has 1 unspecified atom stereocenters. The molecule has 0 aliphatic heterocycles. The molecule has 3 N–H and O–H groups in total. The normalized spacial score (nSPS) is 12.6. The van der Waals surface area contributed by atoms with Crippen molar-refractivity contribution in [2.45, 2.75) is 38.3 Å². The molecule has 0 fully saturated rings. The van der Waals surface area contributed by atoms with Crippen LogP contribution in [0, 0.1) is 11.3 Å². The zero-order valence-electron chi connectivity index (χ0n) is 14.2. The van der Waals surface area contributed by atoms with Crippen molar-refractivity contribution in [3.8, 4) is 11.8 Å². The highest BCUT2D eigenvalue weighted by Gasteiger charge is 2.20. The van der Waals surface area contributed by atoms with Gasteiger partial charge in [0.1, 0.15) is 5.75 Å². The van der Waals surface area contributed by atoms with E-state index in [0.29, 0.717) is 17.7 Å². The number of phenols is 1. The molecule has 24 heavy (non-hydrogen) atoms. The molecule has 0 aliphatic carbocycles. The van der Waals surface area contributed by atoms with E-state index in [9.17, 15) is 10.2 Å². The molecule has 2 aromatic carbocycles. The Hall–Kier alpha value is -2.35. The van der Waals surface area contributed by atoms with Crippen LogP contribution in [0.2, 0.25) is 0 Å². The second kappa shape index (κ2) is 7.96. The number of nitrogens with one attached hydrogen (secondary N) is 1. The number of aliphatic hydroxyl groups excluding tert-OH is 1. The van der Waals surface area contributed by atoms with Crippen molar-refractivity contribution < 1.29 is 10.2 Å². The van der Waals surface area contributed by atoms with E-state index in [-0.39, 0.29) is 17.7 Å². The number of β-amino-alcohol motifs (C(OH)–C–C–N with tert-alkyl or cyclic N) is 1. The summed E-state index contributed by atoms with van der Waals surface area (Å²) in [6, 6.07) is 17.1. The van der Waals surface area contributed by atoms with Crippen molar-refractivity contribution in [1.29, 1.82) is 5.26 Å². The van der Waals surface area contributed by atoms with E-state index in [1.165, 1.54) is 11.6 Å². The van der Waals surface area contributed by atoms with Crippen LogP contribution < -0.4 is 5.32 Å². The molecule has 2 rings (SSSR count). The predicted octanol–water partition coefficient (Wildman–Crippen LogP) is 3.10. The Bertz CT molecular complexity index is 705. The maximum atomic E-state index is 10.4. The lowest BCUT2D eigenvalue weighted by Gasteiger charge is -2.28. The third kappa shape index (κ3) is 5.09. The van der Waals surface area contributed by atoms with Crippen LogP contribution in [0.3, 0.4) is 0 Å². The molecule has 0 heterocycles. The van der Waals surface area contributed by atoms with E-state index >= 15 is 0 Å². The molecule has 0 aliphatic rings. The summed E-state index contributed by atoms with van der Waals surface area (Å²) in [4.78, 5) is 0. The first-order valence-corrected chi connectivity index (χ1v) is 8.07. The zero-order valence-corrected chi connectivity index (χ0v) is 14.2. The second-order valence-corrected chi connectivity index (χ2v) is 6.67. The smallest absolute Gasteiger partial charge is 0.119 e. The predicted molar refractivity (Wildman–Crippen MR) is 94.6 cm³/mol. The Labute approximate surface area is 143 Å². The molecular formula is C20H24N2O2. The van der Waals surface area contributed by atoms with Crippen molar-refractivity contribution in [2.24, 2.45) is 0 Å². The summed E-state index contributed by atoms with van der Waals surface area (Å²) in [6.45, 7) is 4.60. The molecule has 0 amide bonds. The number of nitriles is 1. The van der Waals surface area contributed by atoms with Crippen LogP contribution >= 0.6 is 0 Å². The molecule has 4 nitrogen and oxygen atoms in total. The maximum absolute atomic E-state index is 10.4. The van der Waals surface area contributed by atoms with Crippen LogP contribution in [0.4, 0.5) is 0 Å². The molecule has 0 spiro atoms. The Balaban J connectivity index is 1.98. The summed E-state index contributed by atoms with van der Waals surface area (Å²) >= 11 is 0. The van der Waals surface area contributed by atoms with Gasteiger partial charge in [0.05, 0.1) is 18.6 Å². The number of aromatic hydroxyl groups is 1. The van der Waals surface area contributed by atoms with Gasteiger partial charge < -0.3 is 15.5 Å². The molecule has 2 aromatic rings. The van der Waals surface area contributed by atoms with Gasteiger partial charge in [-0.3, -0.25) is 0 Å². The lowest BCUT2D eigenvalue weighted by Crippen LogP contribution is -2.43. The number of hydrogen-bond acceptors (Lipinski definition) is 4. The van der Waals surface area contributed by atoms with Crippen molar-refractivity contribution in [3.05, 3.63) is 65.2 Å². The number of rotatable bonds is 7. The standard InChI is InChI=1S/C20H24N2O2/c1-20(2,13-15-6-4-3-5-7-15)22-14-19(24)16-8-9-18(23)17(12-16)10-11-21/h3-9,12,19,22-24H,10,13-14H2,1-2H3. The van der Waals surface area contributed by atoms with Crippen LogP contribution in [-0.4, -0.2) is 22.3 Å². The van der Waals surface area contributed by atoms with Crippen LogP contribution in [0.1, 0.15) is 36.6 Å². The summed E-state index contributed by atoms with van der Waals surface area (Å²) in [5, 5.41) is 32.3. The van der Waals surface area contributed by atoms with Crippen molar-refractivity contribution in [2.75, 3.05) is 6.54 Å². The first kappa shape index (κ1) is 18.0. The first-order valence-electron chi connectivity index (χ1n) is 8.07. The minimum absolute atomic E-state index is 0.0878. The van der Waals surface area contributed by atoms with Crippen molar-refractivity contribution in [3.63, 3.8) is 0 Å². The van der Waals surface area contributed by atoms with E-state index in [1.54, 1.807) is 12.1 Å². The molecule has 0 aromatic heterocycles. The van der Waals surface area contributed by atoms with E-state index in [1.807, 2.05) is 24.3 Å². The topological polar surface area (TPSA) is 76.3 Å². The summed E-state index contributed by atoms with van der Waals surface area (Å²) in [6.07, 6.45) is 0.285. The Morgan fingerprint density at radius 1 is 1.17 bits per heavy atom. The minimum atomic E-state index is -0.696. The minimum Gasteiger partial charge on any atom is -0.508 e. The number of aliphatic hydroxyl groups is 1. The lowest BCUT2D eigenvalue weighted by molar-refractivity contribution is 0.160. The quantitative estimate of drug-likeness (QED) is 0.731. The van der Waals surface area contributed by atoms with Gasteiger partial charge in [-0.05, 0) is 43.5 Å². The maximum Gasteiger partial charge on any atom is 0.119 e. The third-order valence-corrected chi connectivity index (χ3v) is 4.02. The van der Waals surface area contributed by atoms with E-state index in [4.69, 9.17) is 5.26 Å². The van der Waals surface area contributed by atoms with E-state index in [0.717, 1.165) is 6.42 Å². The largest absolute Gasteiger partial charge is 0.508 e. The Morgan fingerprint density at radius 2 is 1.88 bits per heavy atom. The fourth-order valence-electron chi connectivity index (χ4n) is 2.70. The summed E-state index contributed by atoms with van der Waals surface area (Å²) in [7, 11) is 0. The summed E-state index contributed by atoms with van der Waals surface area (Å²) in [5.74, 6) is 0.0878. The molecule has 0 saturated carbocycles. The highest BCUT2D eigenvalue weighted by Crippen LogP contribution is 2.23. The summed E-state index contributed by atoms with van der Waals surface area (Å²) in [5.41, 5.74) is 2.32. The van der Waals surface area contributed by atoms with Gasteiger partial charge in [-0.2, -0.15) is 5.26 Å². The highest BCUT2D eigenvalue weighted by atomic mass is 16.3. The van der Waals surface area contributed by atoms with Gasteiger partial charge in [-0.25, -0.2) is 0 Å². The number of hydrogen-bond donors (Lipinski definition) is 3. The van der Waals surface area contributed by atoms with Crippen molar-refractivity contribution >= 4 is 0 Å². The molecule has 0 bridgehead atoms. The SMILES string of the molecule is CC(C)(Cc1ccccc1)NCC(O)c1ccc(O)c(CC#N)c1. The molecule has 126 valence electrons. The molecule has 1 atom stereocenters. The van der Waals surface area contributed by atoms with Crippen LogP contribution in [0.15, 0.2) is 48.5 Å². The molecule has 0 radical (unpaired) electrons. The number of nitrogens with zero attached hydrogens (tertiary/aromatic N) is 1. The fraction of sp³-hybridized carbons (Fsp3) is 0.350. The van der Waals surface area contributed by atoms with Gasteiger partial charge in [-0.1, -0.05) is 36.4 Å². The van der Waals surface area contributed by atoms with Crippen LogP contribution in [0.25, 0.3) is 0 Å².